The van der Waals surface area contributed by atoms with Gasteiger partial charge in [-0.1, -0.05) is 13.0 Å². The monoisotopic (exact) mass is 284 g/mol. The molecule has 5 nitrogen and oxygen atoms in total. The summed E-state index contributed by atoms with van der Waals surface area (Å²) in [5.41, 5.74) is 1.84. The smallest absolute Gasteiger partial charge is 0.154 e. The molecular weight excluding hydrogens is 264 g/mol. The van der Waals surface area contributed by atoms with Crippen LogP contribution in [0.2, 0.25) is 0 Å². The molecule has 6 heteroatoms. The van der Waals surface area contributed by atoms with Gasteiger partial charge in [-0.3, -0.25) is 9.88 Å². The highest BCUT2D eigenvalue weighted by atomic mass is 32.2. The molecule has 2 rings (SSSR count). The normalized spacial score (nSPS) is 25.9. The Labute approximate surface area is 114 Å². The van der Waals surface area contributed by atoms with Crippen molar-refractivity contribution in [3.8, 4) is 0 Å². The number of hydrogen-bond acceptors (Lipinski definition) is 5. The summed E-state index contributed by atoms with van der Waals surface area (Å²) in [5.74, 6) is -0.0940. The Morgan fingerprint density at radius 3 is 2.68 bits per heavy atom. The van der Waals surface area contributed by atoms with Gasteiger partial charge in [0.1, 0.15) is 0 Å². The minimum atomic E-state index is -3.11. The Morgan fingerprint density at radius 1 is 1.42 bits per heavy atom. The van der Waals surface area contributed by atoms with Gasteiger partial charge in [0.15, 0.2) is 9.84 Å². The van der Waals surface area contributed by atoms with Gasteiger partial charge < -0.3 is 5.11 Å². The third-order valence-corrected chi connectivity index (χ3v) is 5.18. The van der Waals surface area contributed by atoms with E-state index in [1.54, 1.807) is 0 Å². The molecule has 0 amide bonds. The highest BCUT2D eigenvalue weighted by molar-refractivity contribution is 7.91. The molecule has 19 heavy (non-hydrogen) atoms. The number of rotatable bonds is 4. The maximum absolute atomic E-state index is 11.6. The number of aliphatic hydroxyl groups excluding tert-OH is 1. The zero-order valence-corrected chi connectivity index (χ0v) is 12.1. The average molecular weight is 284 g/mol. The second kappa shape index (κ2) is 5.56. The Balaban J connectivity index is 2.13. The predicted molar refractivity (Wildman–Crippen MR) is 73.5 cm³/mol. The lowest BCUT2D eigenvalue weighted by molar-refractivity contribution is 0.0811. The van der Waals surface area contributed by atoms with Crippen LogP contribution in [0.4, 0.5) is 0 Å². The summed E-state index contributed by atoms with van der Waals surface area (Å²) in [7, 11) is -3.11. The number of aliphatic hydroxyl groups is 1. The molecular formula is C13H20N2O3S. The van der Waals surface area contributed by atoms with Gasteiger partial charge in [0.25, 0.3) is 0 Å². The van der Waals surface area contributed by atoms with E-state index in [1.807, 2.05) is 36.9 Å². The van der Waals surface area contributed by atoms with Gasteiger partial charge in [-0.05, 0) is 25.6 Å². The van der Waals surface area contributed by atoms with Crippen molar-refractivity contribution in [3.05, 3.63) is 29.6 Å². The predicted octanol–water partition coefficient (Wildman–Crippen LogP) is 0.370. The van der Waals surface area contributed by atoms with Crippen molar-refractivity contribution in [2.45, 2.75) is 32.5 Å². The second-order valence-electron chi connectivity index (χ2n) is 5.05. The summed E-state index contributed by atoms with van der Waals surface area (Å²) in [5, 5.41) is 9.92. The standard InChI is InChI=1S/C13H20N2O3S/c1-3-15(7-11-6-4-5-10(2)14-11)12-8-19(17,18)9-13(12)16/h4-6,12-13,16H,3,7-9H2,1-2H3. The van der Waals surface area contributed by atoms with Crippen molar-refractivity contribution in [1.29, 1.82) is 0 Å². The van der Waals surface area contributed by atoms with Crippen LogP contribution in [0.25, 0.3) is 0 Å². The zero-order chi connectivity index (χ0) is 14.0. The molecule has 1 aliphatic heterocycles. The molecule has 0 saturated carbocycles. The third kappa shape index (κ3) is 3.52. The van der Waals surface area contributed by atoms with Crippen LogP contribution >= 0.6 is 0 Å². The molecule has 2 heterocycles. The van der Waals surface area contributed by atoms with E-state index in [4.69, 9.17) is 0 Å². The van der Waals surface area contributed by atoms with Crippen molar-refractivity contribution in [2.75, 3.05) is 18.1 Å². The first-order valence-electron chi connectivity index (χ1n) is 6.46. The minimum Gasteiger partial charge on any atom is -0.390 e. The molecule has 0 spiro atoms. The lowest BCUT2D eigenvalue weighted by atomic mass is 10.1. The summed E-state index contributed by atoms with van der Waals surface area (Å²) >= 11 is 0. The topological polar surface area (TPSA) is 70.5 Å². The van der Waals surface area contributed by atoms with Gasteiger partial charge >= 0.3 is 0 Å². The van der Waals surface area contributed by atoms with Crippen LogP contribution in [0.15, 0.2) is 18.2 Å². The molecule has 1 fully saturated rings. The quantitative estimate of drug-likeness (QED) is 0.865. The first-order valence-corrected chi connectivity index (χ1v) is 8.28. The maximum Gasteiger partial charge on any atom is 0.154 e. The summed E-state index contributed by atoms with van der Waals surface area (Å²) in [6, 6.07) is 5.46. The SMILES string of the molecule is CCN(Cc1cccc(C)n1)C1CS(=O)(=O)CC1O. The van der Waals surface area contributed by atoms with E-state index in [2.05, 4.69) is 4.98 Å². The molecule has 2 unspecified atom stereocenters. The molecule has 1 aromatic rings. The van der Waals surface area contributed by atoms with Crippen LogP contribution in [0.5, 0.6) is 0 Å². The van der Waals surface area contributed by atoms with E-state index >= 15 is 0 Å². The first kappa shape index (κ1) is 14.4. The van der Waals surface area contributed by atoms with Crippen molar-refractivity contribution in [3.63, 3.8) is 0 Å². The van der Waals surface area contributed by atoms with Crippen LogP contribution in [-0.4, -0.2) is 53.6 Å². The fraction of sp³-hybridized carbons (Fsp3) is 0.615. The van der Waals surface area contributed by atoms with Gasteiger partial charge in [0, 0.05) is 12.2 Å². The van der Waals surface area contributed by atoms with Gasteiger partial charge in [-0.2, -0.15) is 0 Å². The van der Waals surface area contributed by atoms with E-state index in [0.29, 0.717) is 13.1 Å². The molecule has 0 radical (unpaired) electrons. The molecule has 106 valence electrons. The highest BCUT2D eigenvalue weighted by Gasteiger charge is 2.39. The number of sulfone groups is 1. The number of hydrogen-bond donors (Lipinski definition) is 1. The minimum absolute atomic E-state index is 0.0355. The third-order valence-electron chi connectivity index (χ3n) is 3.48. The Hall–Kier alpha value is -0.980. The van der Waals surface area contributed by atoms with Crippen LogP contribution < -0.4 is 0 Å². The van der Waals surface area contributed by atoms with Crippen LogP contribution in [0.1, 0.15) is 18.3 Å². The number of likely N-dealkylation sites (N-methyl/N-ethyl adjacent to an activating group) is 1. The van der Waals surface area contributed by atoms with E-state index in [1.165, 1.54) is 0 Å². The van der Waals surface area contributed by atoms with Crippen LogP contribution in [-0.2, 0) is 16.4 Å². The number of aromatic nitrogens is 1. The van der Waals surface area contributed by atoms with Crippen molar-refractivity contribution in [2.24, 2.45) is 0 Å². The summed E-state index contributed by atoms with van der Waals surface area (Å²) in [6.07, 6.45) is -0.797. The van der Waals surface area contributed by atoms with Crippen molar-refractivity contribution >= 4 is 9.84 Å². The molecule has 1 N–H and O–H groups in total. The summed E-state index contributed by atoms with van der Waals surface area (Å²) < 4.78 is 23.2. The largest absolute Gasteiger partial charge is 0.390 e. The van der Waals surface area contributed by atoms with Gasteiger partial charge in [0.2, 0.25) is 0 Å². The van der Waals surface area contributed by atoms with Crippen molar-refractivity contribution < 1.29 is 13.5 Å². The summed E-state index contributed by atoms with van der Waals surface area (Å²) in [4.78, 5) is 6.40. The van der Waals surface area contributed by atoms with Gasteiger partial charge in [-0.15, -0.1) is 0 Å². The molecule has 1 aliphatic rings. The van der Waals surface area contributed by atoms with E-state index in [9.17, 15) is 13.5 Å². The molecule has 0 aliphatic carbocycles. The molecule has 1 aromatic heterocycles. The number of aryl methyl sites for hydroxylation is 1. The number of pyridine rings is 1. The fourth-order valence-electron chi connectivity index (χ4n) is 2.52. The Morgan fingerprint density at radius 2 is 2.16 bits per heavy atom. The van der Waals surface area contributed by atoms with Crippen LogP contribution in [0, 0.1) is 6.92 Å². The molecule has 1 saturated heterocycles. The van der Waals surface area contributed by atoms with E-state index < -0.39 is 15.9 Å². The summed E-state index contributed by atoms with van der Waals surface area (Å²) in [6.45, 7) is 5.14. The number of nitrogens with zero attached hydrogens (tertiary/aromatic N) is 2. The molecule has 0 aromatic carbocycles. The fourth-order valence-corrected chi connectivity index (χ4v) is 4.35. The molecule has 0 bridgehead atoms. The maximum atomic E-state index is 11.6. The van der Waals surface area contributed by atoms with Crippen molar-refractivity contribution in [1.82, 2.24) is 9.88 Å². The van der Waals surface area contributed by atoms with E-state index in [-0.39, 0.29) is 17.5 Å². The highest BCUT2D eigenvalue weighted by Crippen LogP contribution is 2.20. The molecule has 2 atom stereocenters. The average Bonchev–Trinajstić information content (AvgIpc) is 2.60. The van der Waals surface area contributed by atoms with E-state index in [0.717, 1.165) is 11.4 Å². The zero-order valence-electron chi connectivity index (χ0n) is 11.3. The lowest BCUT2D eigenvalue weighted by Crippen LogP contribution is -2.42. The first-order chi connectivity index (χ1) is 8.91. The van der Waals surface area contributed by atoms with Gasteiger partial charge in [-0.25, -0.2) is 8.42 Å². The lowest BCUT2D eigenvalue weighted by Gasteiger charge is -2.28. The second-order valence-corrected chi connectivity index (χ2v) is 7.20. The van der Waals surface area contributed by atoms with Gasteiger partial charge in [0.05, 0.1) is 29.3 Å². The Kier molecular flexibility index (Phi) is 4.23. The van der Waals surface area contributed by atoms with Crippen LogP contribution in [0.3, 0.4) is 0 Å². The Bertz CT molecular complexity index is 545.